The number of carboxylic acid groups (broad SMARTS) is 1. The zero-order valence-electron chi connectivity index (χ0n) is 13.5. The minimum absolute atomic E-state index is 0.00914. The minimum atomic E-state index is -3.73. The zero-order valence-corrected chi connectivity index (χ0v) is 15.1. The van der Waals surface area contributed by atoms with E-state index in [0.717, 1.165) is 11.3 Å². The number of carboxylic acids is 1. The lowest BCUT2D eigenvalue weighted by Gasteiger charge is -2.23. The molecule has 2 aromatic heterocycles. The predicted molar refractivity (Wildman–Crippen MR) is 89.6 cm³/mol. The third kappa shape index (κ3) is 2.51. The predicted octanol–water partition coefficient (Wildman–Crippen LogP) is 1.04. The van der Waals surface area contributed by atoms with Crippen LogP contribution in [-0.2, 0) is 14.8 Å². The number of carbonyl (C=O) groups is 1. The van der Waals surface area contributed by atoms with Gasteiger partial charge in [-0.25, -0.2) is 8.42 Å². The van der Waals surface area contributed by atoms with Crippen molar-refractivity contribution >= 4 is 27.3 Å². The molecule has 10 heteroatoms. The molecule has 2 aliphatic heterocycles. The van der Waals surface area contributed by atoms with E-state index in [1.165, 1.54) is 16.6 Å². The van der Waals surface area contributed by atoms with Crippen molar-refractivity contribution in [3.8, 4) is 10.6 Å². The van der Waals surface area contributed by atoms with Crippen molar-refractivity contribution in [1.29, 1.82) is 0 Å². The molecule has 0 spiro atoms. The molecular formula is C15H17N3O5S2. The second-order valence-corrected chi connectivity index (χ2v) is 9.90. The lowest BCUT2D eigenvalue weighted by molar-refractivity contribution is -0.148. The van der Waals surface area contributed by atoms with Crippen molar-refractivity contribution in [3.63, 3.8) is 0 Å². The summed E-state index contributed by atoms with van der Waals surface area (Å²) in [5.74, 6) is -0.611. The van der Waals surface area contributed by atoms with Gasteiger partial charge in [-0.15, -0.1) is 11.3 Å². The fourth-order valence-electron chi connectivity index (χ4n) is 3.82. The Labute approximate surface area is 148 Å². The van der Waals surface area contributed by atoms with Gasteiger partial charge in [-0.3, -0.25) is 4.79 Å². The van der Waals surface area contributed by atoms with Crippen LogP contribution in [0.1, 0.15) is 0 Å². The first-order valence-electron chi connectivity index (χ1n) is 7.76. The summed E-state index contributed by atoms with van der Waals surface area (Å²) in [6.07, 6.45) is 1.50. The molecule has 2 aliphatic rings. The third-order valence-corrected chi connectivity index (χ3v) is 8.41. The van der Waals surface area contributed by atoms with Gasteiger partial charge in [0.05, 0.1) is 16.5 Å². The summed E-state index contributed by atoms with van der Waals surface area (Å²) in [7, 11) is -1.87. The highest BCUT2D eigenvalue weighted by molar-refractivity contribution is 7.91. The summed E-state index contributed by atoms with van der Waals surface area (Å²) in [6, 6.07) is 4.87. The summed E-state index contributed by atoms with van der Waals surface area (Å²) in [5, 5.41) is 13.3. The molecule has 2 fully saturated rings. The van der Waals surface area contributed by atoms with E-state index in [-0.39, 0.29) is 23.2 Å². The highest BCUT2D eigenvalue weighted by Crippen LogP contribution is 2.45. The average molecular weight is 383 g/mol. The van der Waals surface area contributed by atoms with Gasteiger partial charge < -0.3 is 14.5 Å². The molecule has 0 bridgehead atoms. The molecule has 4 rings (SSSR count). The molecule has 134 valence electrons. The maximum atomic E-state index is 13.0. The van der Waals surface area contributed by atoms with Crippen LogP contribution >= 0.6 is 11.3 Å². The van der Waals surface area contributed by atoms with Crippen LogP contribution in [0.15, 0.2) is 33.1 Å². The topological polar surface area (TPSA) is 104 Å². The van der Waals surface area contributed by atoms with E-state index in [2.05, 4.69) is 5.16 Å². The van der Waals surface area contributed by atoms with E-state index in [1.54, 1.807) is 12.1 Å². The number of hydrogen-bond acceptors (Lipinski definition) is 7. The zero-order chi connectivity index (χ0) is 17.8. The summed E-state index contributed by atoms with van der Waals surface area (Å²) in [4.78, 5) is 14.5. The Bertz CT molecular complexity index is 908. The van der Waals surface area contributed by atoms with Gasteiger partial charge in [0.15, 0.2) is 5.76 Å². The largest absolute Gasteiger partial charge is 0.481 e. The first-order valence-corrected chi connectivity index (χ1v) is 10.0. The molecule has 0 unspecified atom stereocenters. The highest BCUT2D eigenvalue weighted by Gasteiger charge is 2.59. The third-order valence-electron chi connectivity index (χ3n) is 5.03. The minimum Gasteiger partial charge on any atom is -0.481 e. The van der Waals surface area contributed by atoms with Crippen molar-refractivity contribution in [2.24, 2.45) is 11.3 Å². The van der Waals surface area contributed by atoms with Gasteiger partial charge in [-0.1, -0.05) is 5.16 Å². The molecule has 2 atom stereocenters. The SMILES string of the molecule is CN1C[C@H]2CN(S(=O)(=O)c3ccc(-c4ccno4)s3)C[C@@]2(C(=O)O)C1. The lowest BCUT2D eigenvalue weighted by Crippen LogP contribution is -2.41. The molecule has 2 aromatic rings. The van der Waals surface area contributed by atoms with Crippen LogP contribution in [0.4, 0.5) is 0 Å². The van der Waals surface area contributed by atoms with Gasteiger partial charge in [0.2, 0.25) is 0 Å². The van der Waals surface area contributed by atoms with Crippen LogP contribution in [-0.4, -0.2) is 67.1 Å². The van der Waals surface area contributed by atoms with Crippen LogP contribution in [0, 0.1) is 11.3 Å². The van der Waals surface area contributed by atoms with Gasteiger partial charge >= 0.3 is 5.97 Å². The van der Waals surface area contributed by atoms with E-state index in [4.69, 9.17) is 4.52 Å². The molecule has 2 saturated heterocycles. The molecule has 0 aromatic carbocycles. The van der Waals surface area contributed by atoms with E-state index >= 15 is 0 Å². The molecule has 4 heterocycles. The van der Waals surface area contributed by atoms with Crippen LogP contribution in [0.25, 0.3) is 10.6 Å². The molecule has 0 aliphatic carbocycles. The number of aliphatic carboxylic acids is 1. The van der Waals surface area contributed by atoms with Gasteiger partial charge in [-0.05, 0) is 19.2 Å². The van der Waals surface area contributed by atoms with E-state index < -0.39 is 21.4 Å². The number of nitrogens with zero attached hydrogens (tertiary/aromatic N) is 3. The average Bonchev–Trinajstić information content (AvgIpc) is 3.29. The second-order valence-electron chi connectivity index (χ2n) is 6.65. The fourth-order valence-corrected chi connectivity index (χ4v) is 6.79. The maximum Gasteiger partial charge on any atom is 0.312 e. The highest BCUT2D eigenvalue weighted by atomic mass is 32.2. The number of aromatic nitrogens is 1. The number of fused-ring (bicyclic) bond motifs is 1. The van der Waals surface area contributed by atoms with Crippen LogP contribution in [0.3, 0.4) is 0 Å². The van der Waals surface area contributed by atoms with Crippen LogP contribution in [0.5, 0.6) is 0 Å². The fraction of sp³-hybridized carbons (Fsp3) is 0.467. The van der Waals surface area contributed by atoms with E-state index in [9.17, 15) is 18.3 Å². The van der Waals surface area contributed by atoms with Gasteiger partial charge in [0.25, 0.3) is 10.0 Å². The lowest BCUT2D eigenvalue weighted by atomic mass is 9.81. The first-order chi connectivity index (χ1) is 11.8. The number of hydrogen-bond donors (Lipinski definition) is 1. The number of thiophene rings is 1. The maximum absolute atomic E-state index is 13.0. The summed E-state index contributed by atoms with van der Waals surface area (Å²) in [6.45, 7) is 1.20. The molecule has 8 nitrogen and oxygen atoms in total. The van der Waals surface area contributed by atoms with Crippen LogP contribution < -0.4 is 0 Å². The molecular weight excluding hydrogens is 366 g/mol. The monoisotopic (exact) mass is 383 g/mol. The molecule has 0 amide bonds. The Morgan fingerprint density at radius 3 is 2.80 bits per heavy atom. The van der Waals surface area contributed by atoms with Gasteiger partial charge in [-0.2, -0.15) is 4.31 Å². The van der Waals surface area contributed by atoms with Gasteiger partial charge in [0, 0.05) is 38.2 Å². The van der Waals surface area contributed by atoms with Crippen molar-refractivity contribution in [3.05, 3.63) is 24.4 Å². The van der Waals surface area contributed by atoms with Crippen molar-refractivity contribution in [2.45, 2.75) is 4.21 Å². The second kappa shape index (κ2) is 5.63. The summed E-state index contributed by atoms with van der Waals surface area (Å²) in [5.41, 5.74) is -1.02. The van der Waals surface area contributed by atoms with E-state index in [0.29, 0.717) is 23.7 Å². The summed E-state index contributed by atoms with van der Waals surface area (Å²) < 4.78 is 32.5. The Morgan fingerprint density at radius 2 is 2.16 bits per heavy atom. The normalized spacial score (nSPS) is 27.6. The Morgan fingerprint density at radius 1 is 1.36 bits per heavy atom. The van der Waals surface area contributed by atoms with Crippen LogP contribution in [0.2, 0.25) is 0 Å². The van der Waals surface area contributed by atoms with E-state index in [1.807, 2.05) is 11.9 Å². The number of likely N-dealkylation sites (tertiary alicyclic amines) is 1. The Balaban J connectivity index is 1.63. The van der Waals surface area contributed by atoms with Crippen molar-refractivity contribution < 1.29 is 22.8 Å². The quantitative estimate of drug-likeness (QED) is 0.841. The van der Waals surface area contributed by atoms with Crippen molar-refractivity contribution in [2.75, 3.05) is 33.2 Å². The Hall–Kier alpha value is -1.75. The first kappa shape index (κ1) is 16.7. The molecule has 0 saturated carbocycles. The molecule has 0 radical (unpaired) electrons. The molecule has 25 heavy (non-hydrogen) atoms. The molecule has 1 N–H and O–H groups in total. The van der Waals surface area contributed by atoms with Crippen molar-refractivity contribution in [1.82, 2.24) is 14.4 Å². The number of rotatable bonds is 4. The summed E-state index contributed by atoms with van der Waals surface area (Å²) >= 11 is 1.10. The number of sulfonamides is 1. The Kier molecular flexibility index (Phi) is 3.76. The standard InChI is InChI=1S/C15H17N3O5S2/c1-17-6-10-7-18(9-15(10,8-17)14(19)20)25(21,22)13-3-2-12(24-13)11-4-5-16-23-11/h2-5,10H,6-9H2,1H3,(H,19,20)/t10-,15-/m0/s1. The van der Waals surface area contributed by atoms with Gasteiger partial charge in [0.1, 0.15) is 4.21 Å². The smallest absolute Gasteiger partial charge is 0.312 e.